The largest absolute Gasteiger partial charge is 0.352 e. The van der Waals surface area contributed by atoms with Crippen molar-refractivity contribution >= 4 is 17.5 Å². The highest BCUT2D eigenvalue weighted by Gasteiger charge is 2.12. The zero-order valence-corrected chi connectivity index (χ0v) is 10.4. The Labute approximate surface area is 107 Å². The molecule has 0 bridgehead atoms. The smallest absolute Gasteiger partial charge is 0.227 e. The minimum Gasteiger partial charge on any atom is -0.352 e. The van der Waals surface area contributed by atoms with Crippen molar-refractivity contribution < 1.29 is 4.79 Å². The molecule has 1 amide bonds. The molecular formula is C13H17ClN2O. The molecule has 0 spiro atoms. The number of nitrogens with two attached hydrogens (primary N) is 1. The molecule has 0 heterocycles. The van der Waals surface area contributed by atoms with Crippen LogP contribution in [-0.2, 0) is 11.3 Å². The second-order valence-electron chi connectivity index (χ2n) is 3.77. The molecule has 0 aliphatic rings. The minimum atomic E-state index is -0.223. The molecule has 0 aromatic heterocycles. The fraction of sp³-hybridized carbons (Fsp3) is 0.308. The monoisotopic (exact) mass is 252 g/mol. The Bertz CT molecular complexity index is 393. The summed E-state index contributed by atoms with van der Waals surface area (Å²) in [6.45, 7) is 4.57. The van der Waals surface area contributed by atoms with E-state index in [2.05, 4.69) is 11.9 Å². The van der Waals surface area contributed by atoms with E-state index in [1.807, 2.05) is 18.2 Å². The summed E-state index contributed by atoms with van der Waals surface area (Å²) in [5.41, 5.74) is 6.40. The molecule has 0 aliphatic carbocycles. The molecule has 0 saturated carbocycles. The van der Waals surface area contributed by atoms with Crippen molar-refractivity contribution in [2.24, 2.45) is 11.7 Å². The van der Waals surface area contributed by atoms with Gasteiger partial charge in [0.05, 0.1) is 5.92 Å². The Balaban J connectivity index is 2.50. The van der Waals surface area contributed by atoms with E-state index in [-0.39, 0.29) is 11.8 Å². The zero-order chi connectivity index (χ0) is 12.7. The van der Waals surface area contributed by atoms with Gasteiger partial charge in [-0.1, -0.05) is 29.8 Å². The first-order valence-electron chi connectivity index (χ1n) is 5.52. The van der Waals surface area contributed by atoms with Gasteiger partial charge in [0.1, 0.15) is 0 Å². The van der Waals surface area contributed by atoms with Crippen molar-refractivity contribution in [1.29, 1.82) is 0 Å². The molecule has 92 valence electrons. The highest BCUT2D eigenvalue weighted by Crippen LogP contribution is 2.11. The van der Waals surface area contributed by atoms with Crippen LogP contribution in [0.3, 0.4) is 0 Å². The van der Waals surface area contributed by atoms with E-state index in [1.54, 1.807) is 12.1 Å². The summed E-state index contributed by atoms with van der Waals surface area (Å²) < 4.78 is 0. The number of hydrogen-bond donors (Lipinski definition) is 2. The molecule has 4 heteroatoms. The van der Waals surface area contributed by atoms with Crippen LogP contribution < -0.4 is 11.1 Å². The number of hydrogen-bond acceptors (Lipinski definition) is 2. The lowest BCUT2D eigenvalue weighted by Crippen LogP contribution is -2.30. The maximum absolute atomic E-state index is 11.8. The standard InChI is InChI=1S/C13H17ClN2O/c1-2-11(6-7-15)13(17)16-9-10-4-3-5-12(14)8-10/h2-5,8,11H,1,6-7,9,15H2,(H,16,17). The SMILES string of the molecule is C=CC(CCN)C(=O)NCc1cccc(Cl)c1. The minimum absolute atomic E-state index is 0.0505. The first-order valence-corrected chi connectivity index (χ1v) is 5.90. The van der Waals surface area contributed by atoms with Gasteiger partial charge in [-0.05, 0) is 30.7 Å². The molecule has 1 aromatic rings. The molecular weight excluding hydrogens is 236 g/mol. The number of carbonyl (C=O) groups is 1. The lowest BCUT2D eigenvalue weighted by molar-refractivity contribution is -0.123. The summed E-state index contributed by atoms with van der Waals surface area (Å²) in [5, 5.41) is 3.50. The first-order chi connectivity index (χ1) is 8.17. The predicted octanol–water partition coefficient (Wildman–Crippen LogP) is 2.11. The van der Waals surface area contributed by atoms with Gasteiger partial charge in [0, 0.05) is 11.6 Å². The number of nitrogens with one attached hydrogen (secondary N) is 1. The number of rotatable bonds is 6. The van der Waals surface area contributed by atoms with Crippen molar-refractivity contribution in [3.63, 3.8) is 0 Å². The van der Waals surface area contributed by atoms with Gasteiger partial charge in [-0.25, -0.2) is 0 Å². The molecule has 0 radical (unpaired) electrons. The molecule has 0 saturated heterocycles. The second-order valence-corrected chi connectivity index (χ2v) is 4.20. The van der Waals surface area contributed by atoms with Crippen molar-refractivity contribution in [3.8, 4) is 0 Å². The van der Waals surface area contributed by atoms with Crippen LogP contribution in [0.1, 0.15) is 12.0 Å². The van der Waals surface area contributed by atoms with Crippen LogP contribution in [0.2, 0.25) is 5.02 Å². The van der Waals surface area contributed by atoms with Gasteiger partial charge in [-0.2, -0.15) is 0 Å². The fourth-order valence-electron chi connectivity index (χ4n) is 1.50. The van der Waals surface area contributed by atoms with Gasteiger partial charge >= 0.3 is 0 Å². The van der Waals surface area contributed by atoms with Crippen molar-refractivity contribution in [3.05, 3.63) is 47.5 Å². The Morgan fingerprint density at radius 3 is 2.94 bits per heavy atom. The van der Waals surface area contributed by atoms with Gasteiger partial charge in [-0.15, -0.1) is 6.58 Å². The number of amides is 1. The van der Waals surface area contributed by atoms with Gasteiger partial charge in [0.2, 0.25) is 5.91 Å². The summed E-state index contributed by atoms with van der Waals surface area (Å²) in [4.78, 5) is 11.8. The lowest BCUT2D eigenvalue weighted by atomic mass is 10.1. The van der Waals surface area contributed by atoms with E-state index in [9.17, 15) is 4.79 Å². The quantitative estimate of drug-likeness (QED) is 0.762. The van der Waals surface area contributed by atoms with E-state index in [4.69, 9.17) is 17.3 Å². The van der Waals surface area contributed by atoms with Crippen LogP contribution in [0.15, 0.2) is 36.9 Å². The normalized spacial score (nSPS) is 11.9. The maximum atomic E-state index is 11.8. The van der Waals surface area contributed by atoms with Crippen LogP contribution >= 0.6 is 11.6 Å². The summed E-state index contributed by atoms with van der Waals surface area (Å²) in [5.74, 6) is -0.274. The van der Waals surface area contributed by atoms with Crippen LogP contribution in [0.5, 0.6) is 0 Å². The molecule has 1 atom stereocenters. The second kappa shape index (κ2) is 7.09. The van der Waals surface area contributed by atoms with E-state index >= 15 is 0 Å². The molecule has 1 rings (SSSR count). The predicted molar refractivity (Wildman–Crippen MR) is 70.7 cm³/mol. The summed E-state index contributed by atoms with van der Waals surface area (Å²) in [7, 11) is 0. The summed E-state index contributed by atoms with van der Waals surface area (Å²) >= 11 is 5.85. The molecule has 1 unspecified atom stereocenters. The van der Waals surface area contributed by atoms with Crippen molar-refractivity contribution in [2.45, 2.75) is 13.0 Å². The average Bonchev–Trinajstić information content (AvgIpc) is 2.33. The first kappa shape index (κ1) is 13.7. The van der Waals surface area contributed by atoms with Crippen LogP contribution in [0.25, 0.3) is 0 Å². The van der Waals surface area contributed by atoms with Gasteiger partial charge in [0.15, 0.2) is 0 Å². The molecule has 3 N–H and O–H groups in total. The number of benzene rings is 1. The van der Waals surface area contributed by atoms with E-state index in [0.717, 1.165) is 5.56 Å². The number of carbonyl (C=O) groups excluding carboxylic acids is 1. The fourth-order valence-corrected chi connectivity index (χ4v) is 1.72. The average molecular weight is 253 g/mol. The Kier molecular flexibility index (Phi) is 5.73. The highest BCUT2D eigenvalue weighted by molar-refractivity contribution is 6.30. The van der Waals surface area contributed by atoms with E-state index in [0.29, 0.717) is 24.5 Å². The molecule has 0 aliphatic heterocycles. The van der Waals surface area contributed by atoms with Gasteiger partial charge < -0.3 is 11.1 Å². The third-order valence-corrected chi connectivity index (χ3v) is 2.69. The van der Waals surface area contributed by atoms with Crippen LogP contribution in [0, 0.1) is 5.92 Å². The van der Waals surface area contributed by atoms with Crippen LogP contribution in [-0.4, -0.2) is 12.5 Å². The van der Waals surface area contributed by atoms with Gasteiger partial charge in [0.25, 0.3) is 0 Å². The molecule has 17 heavy (non-hydrogen) atoms. The molecule has 3 nitrogen and oxygen atoms in total. The number of halogens is 1. The third kappa shape index (κ3) is 4.59. The Hall–Kier alpha value is -1.32. The van der Waals surface area contributed by atoms with Crippen molar-refractivity contribution in [1.82, 2.24) is 5.32 Å². The summed E-state index contributed by atoms with van der Waals surface area (Å²) in [6, 6.07) is 7.40. The maximum Gasteiger partial charge on any atom is 0.227 e. The topological polar surface area (TPSA) is 55.1 Å². The zero-order valence-electron chi connectivity index (χ0n) is 9.66. The van der Waals surface area contributed by atoms with Crippen molar-refractivity contribution in [2.75, 3.05) is 6.54 Å². The summed E-state index contributed by atoms with van der Waals surface area (Å²) in [6.07, 6.45) is 2.24. The van der Waals surface area contributed by atoms with E-state index < -0.39 is 0 Å². The molecule has 1 aromatic carbocycles. The Morgan fingerprint density at radius 2 is 2.35 bits per heavy atom. The van der Waals surface area contributed by atoms with Crippen LogP contribution in [0.4, 0.5) is 0 Å². The lowest BCUT2D eigenvalue weighted by Gasteiger charge is -2.12. The van der Waals surface area contributed by atoms with E-state index in [1.165, 1.54) is 0 Å². The molecule has 0 fully saturated rings. The Morgan fingerprint density at radius 1 is 1.59 bits per heavy atom. The van der Waals surface area contributed by atoms with Gasteiger partial charge in [-0.3, -0.25) is 4.79 Å². The highest BCUT2D eigenvalue weighted by atomic mass is 35.5. The third-order valence-electron chi connectivity index (χ3n) is 2.45.